The Bertz CT molecular complexity index is 615. The molecular weight excluding hydrogens is 281 g/mol. The number of benzene rings is 1. The predicted molar refractivity (Wildman–Crippen MR) is 73.2 cm³/mol. The Morgan fingerprint density at radius 1 is 1.40 bits per heavy atom. The van der Waals surface area contributed by atoms with Gasteiger partial charge in [0, 0.05) is 6.54 Å². The Morgan fingerprint density at radius 2 is 2.15 bits per heavy atom. The van der Waals surface area contributed by atoms with Crippen LogP contribution in [0, 0.1) is 12.7 Å². The van der Waals surface area contributed by atoms with Crippen LogP contribution in [-0.2, 0) is 17.8 Å². The van der Waals surface area contributed by atoms with Crippen LogP contribution in [0.5, 0.6) is 0 Å². The van der Waals surface area contributed by atoms with E-state index < -0.39 is 5.97 Å². The van der Waals surface area contributed by atoms with Crippen LogP contribution in [0.4, 0.5) is 4.39 Å². The highest BCUT2D eigenvalue weighted by Crippen LogP contribution is 2.18. The van der Waals surface area contributed by atoms with E-state index in [9.17, 15) is 9.18 Å². The van der Waals surface area contributed by atoms with Crippen molar-refractivity contribution in [1.29, 1.82) is 0 Å². The van der Waals surface area contributed by atoms with Crippen molar-refractivity contribution in [3.63, 3.8) is 0 Å². The van der Waals surface area contributed by atoms with Gasteiger partial charge in [-0.2, -0.15) is 0 Å². The summed E-state index contributed by atoms with van der Waals surface area (Å²) in [6.07, 6.45) is 0.506. The van der Waals surface area contributed by atoms with E-state index in [2.05, 4.69) is 10.2 Å². The first-order valence-corrected chi connectivity index (χ1v) is 7.04. The molecule has 0 atom stereocenters. The van der Waals surface area contributed by atoms with Crippen molar-refractivity contribution in [3.05, 3.63) is 41.5 Å². The third-order valence-electron chi connectivity index (χ3n) is 2.79. The summed E-state index contributed by atoms with van der Waals surface area (Å²) in [6.45, 7) is 2.31. The van der Waals surface area contributed by atoms with E-state index in [1.54, 1.807) is 29.7 Å². The number of aliphatic carboxylic acids is 1. The van der Waals surface area contributed by atoms with Crippen molar-refractivity contribution >= 4 is 17.7 Å². The van der Waals surface area contributed by atoms with Gasteiger partial charge in [0.05, 0.1) is 5.75 Å². The van der Waals surface area contributed by atoms with Crippen LogP contribution in [0.1, 0.15) is 11.4 Å². The van der Waals surface area contributed by atoms with Crippen LogP contribution in [0.2, 0.25) is 0 Å². The minimum Gasteiger partial charge on any atom is -0.481 e. The zero-order valence-corrected chi connectivity index (χ0v) is 11.7. The van der Waals surface area contributed by atoms with Gasteiger partial charge in [0.15, 0.2) is 5.16 Å². The molecule has 1 aromatic heterocycles. The average Bonchev–Trinajstić information content (AvgIpc) is 2.76. The monoisotopic (exact) mass is 295 g/mol. The molecule has 0 aliphatic carbocycles. The summed E-state index contributed by atoms with van der Waals surface area (Å²) in [5.41, 5.74) is 0.620. The molecule has 5 nitrogen and oxygen atoms in total. The number of nitrogens with zero attached hydrogens (tertiary/aromatic N) is 3. The number of carboxylic acid groups (broad SMARTS) is 1. The zero-order chi connectivity index (χ0) is 14.5. The number of rotatable bonds is 6. The molecule has 0 unspecified atom stereocenters. The summed E-state index contributed by atoms with van der Waals surface area (Å²) in [7, 11) is 0. The highest BCUT2D eigenvalue weighted by Gasteiger charge is 2.11. The standard InChI is InChI=1S/C13H14FN3O2S/c1-9-15-16-13(20-8-12(18)19)17(9)7-6-10-4-2-3-5-11(10)14/h2-5H,6-8H2,1H3,(H,18,19). The Hall–Kier alpha value is -1.89. The Kier molecular flexibility index (Phi) is 4.73. The van der Waals surface area contributed by atoms with Crippen molar-refractivity contribution in [2.24, 2.45) is 0 Å². The molecule has 106 valence electrons. The molecule has 0 saturated heterocycles. The number of carboxylic acids is 1. The van der Waals surface area contributed by atoms with E-state index in [1.165, 1.54) is 6.07 Å². The number of thioether (sulfide) groups is 1. The molecule has 1 aromatic carbocycles. The lowest BCUT2D eigenvalue weighted by atomic mass is 10.1. The minimum atomic E-state index is -0.906. The molecule has 0 amide bonds. The van der Waals surface area contributed by atoms with Gasteiger partial charge in [0.2, 0.25) is 0 Å². The van der Waals surface area contributed by atoms with Gasteiger partial charge in [-0.3, -0.25) is 4.79 Å². The van der Waals surface area contributed by atoms with E-state index in [4.69, 9.17) is 5.11 Å². The second-order valence-electron chi connectivity index (χ2n) is 4.21. The fourth-order valence-electron chi connectivity index (χ4n) is 1.79. The van der Waals surface area contributed by atoms with Crippen LogP contribution in [0.3, 0.4) is 0 Å². The first kappa shape index (κ1) is 14.5. The minimum absolute atomic E-state index is 0.0716. The van der Waals surface area contributed by atoms with Crippen molar-refractivity contribution in [1.82, 2.24) is 14.8 Å². The summed E-state index contributed by atoms with van der Waals surface area (Å²) in [4.78, 5) is 10.6. The van der Waals surface area contributed by atoms with Crippen LogP contribution in [0.15, 0.2) is 29.4 Å². The fourth-order valence-corrected chi connectivity index (χ4v) is 2.52. The Morgan fingerprint density at radius 3 is 2.85 bits per heavy atom. The van der Waals surface area contributed by atoms with Gasteiger partial charge in [-0.15, -0.1) is 10.2 Å². The highest BCUT2D eigenvalue weighted by atomic mass is 32.2. The second kappa shape index (κ2) is 6.51. The maximum absolute atomic E-state index is 13.5. The highest BCUT2D eigenvalue weighted by molar-refractivity contribution is 7.99. The molecule has 2 aromatic rings. The molecule has 0 radical (unpaired) electrons. The third-order valence-corrected chi connectivity index (χ3v) is 3.74. The van der Waals surface area contributed by atoms with Crippen molar-refractivity contribution in [3.8, 4) is 0 Å². The lowest BCUT2D eigenvalue weighted by Crippen LogP contribution is -2.07. The first-order valence-electron chi connectivity index (χ1n) is 6.05. The van der Waals surface area contributed by atoms with E-state index >= 15 is 0 Å². The Labute approximate surface area is 119 Å². The SMILES string of the molecule is Cc1nnc(SCC(=O)O)n1CCc1ccccc1F. The van der Waals surface area contributed by atoms with Gasteiger partial charge in [0.25, 0.3) is 0 Å². The van der Waals surface area contributed by atoms with E-state index in [1.807, 2.05) is 0 Å². The second-order valence-corrected chi connectivity index (χ2v) is 5.15. The molecule has 7 heteroatoms. The summed E-state index contributed by atoms with van der Waals surface area (Å²) in [5, 5.41) is 17.1. The van der Waals surface area contributed by atoms with Crippen LogP contribution >= 0.6 is 11.8 Å². The summed E-state index contributed by atoms with van der Waals surface area (Å²) >= 11 is 1.11. The molecule has 1 N–H and O–H groups in total. The lowest BCUT2D eigenvalue weighted by molar-refractivity contribution is -0.133. The van der Waals surface area contributed by atoms with E-state index in [-0.39, 0.29) is 11.6 Å². The third kappa shape index (κ3) is 3.57. The predicted octanol–water partition coefficient (Wildman–Crippen LogP) is 2.15. The largest absolute Gasteiger partial charge is 0.481 e. The molecular formula is C13H14FN3O2S. The number of halogens is 1. The molecule has 0 aliphatic rings. The van der Waals surface area contributed by atoms with Gasteiger partial charge in [-0.25, -0.2) is 4.39 Å². The maximum Gasteiger partial charge on any atom is 0.313 e. The molecule has 0 aliphatic heterocycles. The van der Waals surface area contributed by atoms with E-state index in [0.717, 1.165) is 11.8 Å². The lowest BCUT2D eigenvalue weighted by Gasteiger charge is -2.08. The summed E-state index contributed by atoms with van der Waals surface area (Å²) in [5.74, 6) is -0.527. The molecule has 0 bridgehead atoms. The normalized spacial score (nSPS) is 10.7. The smallest absolute Gasteiger partial charge is 0.313 e. The molecule has 20 heavy (non-hydrogen) atoms. The van der Waals surface area contributed by atoms with Gasteiger partial charge >= 0.3 is 5.97 Å². The number of hydrogen-bond acceptors (Lipinski definition) is 4. The van der Waals surface area contributed by atoms with Crippen molar-refractivity contribution < 1.29 is 14.3 Å². The van der Waals surface area contributed by atoms with Crippen molar-refractivity contribution in [2.45, 2.75) is 25.0 Å². The van der Waals surface area contributed by atoms with Gasteiger partial charge < -0.3 is 9.67 Å². The van der Waals surface area contributed by atoms with Gasteiger partial charge in [-0.05, 0) is 25.0 Å². The summed E-state index contributed by atoms with van der Waals surface area (Å²) in [6, 6.07) is 6.60. The molecule has 0 saturated carbocycles. The molecule has 0 fully saturated rings. The molecule has 2 rings (SSSR count). The van der Waals surface area contributed by atoms with Crippen molar-refractivity contribution in [2.75, 3.05) is 5.75 Å². The number of carbonyl (C=O) groups is 1. The molecule has 1 heterocycles. The summed E-state index contributed by atoms with van der Waals surface area (Å²) < 4.78 is 15.4. The number of aryl methyl sites for hydroxylation is 2. The van der Waals surface area contributed by atoms with Crippen LogP contribution in [0.25, 0.3) is 0 Å². The fraction of sp³-hybridized carbons (Fsp3) is 0.308. The quantitative estimate of drug-likeness (QED) is 0.827. The first-order chi connectivity index (χ1) is 9.58. The average molecular weight is 295 g/mol. The zero-order valence-electron chi connectivity index (χ0n) is 10.9. The molecule has 0 spiro atoms. The van der Waals surface area contributed by atoms with Gasteiger partial charge in [0.1, 0.15) is 11.6 Å². The van der Waals surface area contributed by atoms with Crippen LogP contribution < -0.4 is 0 Å². The van der Waals surface area contributed by atoms with E-state index in [0.29, 0.717) is 29.5 Å². The Balaban J connectivity index is 2.07. The number of aromatic nitrogens is 3. The van der Waals surface area contributed by atoms with Crippen LogP contribution in [-0.4, -0.2) is 31.6 Å². The maximum atomic E-state index is 13.5. The van der Waals surface area contributed by atoms with Gasteiger partial charge in [-0.1, -0.05) is 30.0 Å². The number of hydrogen-bond donors (Lipinski definition) is 1. The topological polar surface area (TPSA) is 68.0 Å².